The molecule has 8 nitrogen and oxygen atoms in total. The fourth-order valence-corrected chi connectivity index (χ4v) is 4.97. The third kappa shape index (κ3) is 6.81. The average Bonchev–Trinajstić information content (AvgIpc) is 3.20. The molecule has 0 aliphatic carbocycles. The van der Waals surface area contributed by atoms with Crippen molar-refractivity contribution in [2.75, 3.05) is 52.6 Å². The molecule has 8 heteroatoms. The number of carbonyl (C=O) groups excluding carboxylic acids is 2. The van der Waals surface area contributed by atoms with Crippen LogP contribution in [0, 0.1) is 6.92 Å². The van der Waals surface area contributed by atoms with Gasteiger partial charge in [-0.25, -0.2) is 0 Å². The van der Waals surface area contributed by atoms with E-state index in [1.165, 1.54) is 0 Å². The van der Waals surface area contributed by atoms with Crippen molar-refractivity contribution in [1.29, 1.82) is 0 Å². The molecule has 1 atom stereocenters. The first-order valence-corrected chi connectivity index (χ1v) is 14.0. The van der Waals surface area contributed by atoms with Crippen LogP contribution in [0.5, 0.6) is 11.5 Å². The molecule has 2 aromatic rings. The lowest BCUT2D eigenvalue weighted by Crippen LogP contribution is -2.42. The number of aliphatic hydroxyl groups is 1. The van der Waals surface area contributed by atoms with Crippen molar-refractivity contribution >= 4 is 17.4 Å². The van der Waals surface area contributed by atoms with Crippen LogP contribution in [0.2, 0.25) is 0 Å². The van der Waals surface area contributed by atoms with Crippen molar-refractivity contribution in [3.63, 3.8) is 0 Å². The third-order valence-electron chi connectivity index (χ3n) is 7.19. The molecule has 210 valence electrons. The topological polar surface area (TPSA) is 88.5 Å². The summed E-state index contributed by atoms with van der Waals surface area (Å²) in [5.41, 5.74) is 2.13. The second kappa shape index (κ2) is 13.6. The molecule has 39 heavy (non-hydrogen) atoms. The number of benzene rings is 2. The van der Waals surface area contributed by atoms with E-state index < -0.39 is 17.7 Å². The summed E-state index contributed by atoms with van der Waals surface area (Å²) >= 11 is 0. The Morgan fingerprint density at radius 3 is 2.31 bits per heavy atom. The summed E-state index contributed by atoms with van der Waals surface area (Å²) < 4.78 is 17.0. The second-order valence-electron chi connectivity index (χ2n) is 10.0. The summed E-state index contributed by atoms with van der Waals surface area (Å²) in [5.74, 6) is -0.00838. The maximum absolute atomic E-state index is 13.4. The lowest BCUT2D eigenvalue weighted by atomic mass is 9.94. The first-order valence-electron chi connectivity index (χ1n) is 14.0. The standard InChI is InChI=1S/C31H40N2O6/c1-4-6-18-39-25-11-12-26(22(3)21-25)29(34)27-28(23-7-9-24(10-8-23)38-17-5-2)33(31(36)30(27)35)14-13-32-15-19-37-20-16-32/h7-12,21,28,34H,4-6,13-20H2,1-3H3/b29-27+. The van der Waals surface area contributed by atoms with Gasteiger partial charge in [0.15, 0.2) is 0 Å². The van der Waals surface area contributed by atoms with Crippen LogP contribution >= 0.6 is 0 Å². The zero-order valence-corrected chi connectivity index (χ0v) is 23.3. The Balaban J connectivity index is 1.68. The highest BCUT2D eigenvalue weighted by Crippen LogP contribution is 2.40. The minimum absolute atomic E-state index is 0.104. The Bertz CT molecular complexity index is 1170. The summed E-state index contributed by atoms with van der Waals surface area (Å²) in [5, 5.41) is 11.5. The molecule has 1 unspecified atom stereocenters. The van der Waals surface area contributed by atoms with Crippen molar-refractivity contribution in [1.82, 2.24) is 9.80 Å². The molecular weight excluding hydrogens is 496 g/mol. The normalized spacial score (nSPS) is 19.5. The van der Waals surface area contributed by atoms with Crippen LogP contribution in [-0.2, 0) is 14.3 Å². The van der Waals surface area contributed by atoms with E-state index in [-0.39, 0.29) is 11.3 Å². The first-order chi connectivity index (χ1) is 18.9. The van der Waals surface area contributed by atoms with Gasteiger partial charge >= 0.3 is 0 Å². The molecule has 2 aliphatic heterocycles. The number of Topliss-reactive ketones (excluding diaryl/α,β-unsaturated/α-hetero) is 1. The smallest absolute Gasteiger partial charge is 0.295 e. The highest BCUT2D eigenvalue weighted by molar-refractivity contribution is 6.46. The molecule has 2 fully saturated rings. The van der Waals surface area contributed by atoms with Gasteiger partial charge in [0, 0.05) is 31.7 Å². The van der Waals surface area contributed by atoms with Crippen LogP contribution in [0.1, 0.15) is 55.8 Å². The maximum atomic E-state index is 13.4. The Hall–Kier alpha value is -3.36. The summed E-state index contributed by atoms with van der Waals surface area (Å²) in [6.45, 7) is 11.1. The van der Waals surface area contributed by atoms with Gasteiger partial charge in [0.2, 0.25) is 0 Å². The van der Waals surface area contributed by atoms with Crippen molar-refractivity contribution in [3.8, 4) is 11.5 Å². The number of morpholine rings is 1. The fourth-order valence-electron chi connectivity index (χ4n) is 4.97. The number of aryl methyl sites for hydroxylation is 1. The zero-order valence-electron chi connectivity index (χ0n) is 23.3. The number of likely N-dealkylation sites (tertiary alicyclic amines) is 1. The summed E-state index contributed by atoms with van der Waals surface area (Å²) in [4.78, 5) is 30.6. The van der Waals surface area contributed by atoms with E-state index in [4.69, 9.17) is 14.2 Å². The number of carbonyl (C=O) groups is 2. The monoisotopic (exact) mass is 536 g/mol. The van der Waals surface area contributed by atoms with Crippen molar-refractivity contribution < 1.29 is 28.9 Å². The maximum Gasteiger partial charge on any atom is 0.295 e. The third-order valence-corrected chi connectivity index (χ3v) is 7.19. The highest BCUT2D eigenvalue weighted by atomic mass is 16.5. The number of hydrogen-bond donors (Lipinski definition) is 1. The Morgan fingerprint density at radius 2 is 1.64 bits per heavy atom. The quantitative estimate of drug-likeness (QED) is 0.182. The van der Waals surface area contributed by atoms with Crippen LogP contribution < -0.4 is 9.47 Å². The molecule has 0 saturated carbocycles. The molecule has 1 N–H and O–H groups in total. The summed E-state index contributed by atoms with van der Waals surface area (Å²) in [6, 6.07) is 12.1. The van der Waals surface area contributed by atoms with Gasteiger partial charge in [-0.2, -0.15) is 0 Å². The zero-order chi connectivity index (χ0) is 27.8. The average molecular weight is 537 g/mol. The molecule has 0 aromatic heterocycles. The Morgan fingerprint density at radius 1 is 0.949 bits per heavy atom. The van der Waals surface area contributed by atoms with E-state index in [9.17, 15) is 14.7 Å². The molecule has 0 radical (unpaired) electrons. The van der Waals surface area contributed by atoms with Gasteiger partial charge in [-0.1, -0.05) is 32.4 Å². The molecule has 2 heterocycles. The SMILES string of the molecule is CCCCOc1ccc(/C(O)=C2\C(=O)C(=O)N(CCN3CCOCC3)C2c2ccc(OCCC)cc2)c(C)c1. The number of hydrogen-bond acceptors (Lipinski definition) is 7. The van der Waals surface area contributed by atoms with Crippen LogP contribution in [-0.4, -0.2) is 79.2 Å². The largest absolute Gasteiger partial charge is 0.507 e. The number of amides is 1. The second-order valence-corrected chi connectivity index (χ2v) is 10.0. The van der Waals surface area contributed by atoms with Crippen LogP contribution in [0.4, 0.5) is 0 Å². The van der Waals surface area contributed by atoms with Crippen molar-refractivity contribution in [2.45, 2.75) is 46.1 Å². The van der Waals surface area contributed by atoms with Gasteiger partial charge < -0.3 is 24.2 Å². The summed E-state index contributed by atoms with van der Waals surface area (Å²) in [6.07, 6.45) is 2.89. The van der Waals surface area contributed by atoms with Crippen LogP contribution in [0.25, 0.3) is 5.76 Å². The van der Waals surface area contributed by atoms with Crippen LogP contribution in [0.3, 0.4) is 0 Å². The number of nitrogens with zero attached hydrogens (tertiary/aromatic N) is 2. The minimum Gasteiger partial charge on any atom is -0.507 e. The van der Waals surface area contributed by atoms with E-state index in [0.29, 0.717) is 50.8 Å². The van der Waals surface area contributed by atoms with E-state index in [0.717, 1.165) is 49.2 Å². The van der Waals surface area contributed by atoms with Gasteiger partial charge in [0.1, 0.15) is 17.3 Å². The van der Waals surface area contributed by atoms with Gasteiger partial charge in [-0.05, 0) is 61.2 Å². The predicted octanol–water partition coefficient (Wildman–Crippen LogP) is 4.72. The molecule has 0 spiro atoms. The molecular formula is C31H40N2O6. The van der Waals surface area contributed by atoms with E-state index in [1.54, 1.807) is 17.0 Å². The summed E-state index contributed by atoms with van der Waals surface area (Å²) in [7, 11) is 0. The van der Waals surface area contributed by atoms with Gasteiger partial charge in [-0.15, -0.1) is 0 Å². The van der Waals surface area contributed by atoms with Crippen molar-refractivity contribution in [3.05, 3.63) is 64.7 Å². The van der Waals surface area contributed by atoms with Gasteiger partial charge in [0.25, 0.3) is 11.7 Å². The van der Waals surface area contributed by atoms with E-state index in [2.05, 4.69) is 11.8 Å². The number of unbranched alkanes of at least 4 members (excludes halogenated alkanes) is 1. The lowest BCUT2D eigenvalue weighted by molar-refractivity contribution is -0.140. The molecule has 2 aliphatic rings. The number of rotatable bonds is 12. The first kappa shape index (κ1) is 28.6. The number of aliphatic hydroxyl groups excluding tert-OH is 1. The highest BCUT2D eigenvalue weighted by Gasteiger charge is 2.46. The molecule has 2 saturated heterocycles. The Labute approximate surface area is 231 Å². The molecule has 0 bridgehead atoms. The van der Waals surface area contributed by atoms with Crippen molar-refractivity contribution in [2.24, 2.45) is 0 Å². The Kier molecular flexibility index (Phi) is 10.0. The van der Waals surface area contributed by atoms with E-state index in [1.807, 2.05) is 44.2 Å². The molecule has 4 rings (SSSR count). The van der Waals surface area contributed by atoms with E-state index >= 15 is 0 Å². The van der Waals surface area contributed by atoms with Gasteiger partial charge in [-0.3, -0.25) is 14.5 Å². The number of ketones is 1. The lowest BCUT2D eigenvalue weighted by Gasteiger charge is -2.31. The fraction of sp³-hybridized carbons (Fsp3) is 0.484. The predicted molar refractivity (Wildman–Crippen MR) is 150 cm³/mol. The minimum atomic E-state index is -0.703. The van der Waals surface area contributed by atoms with Gasteiger partial charge in [0.05, 0.1) is 38.0 Å². The molecule has 1 amide bonds. The van der Waals surface area contributed by atoms with Crippen LogP contribution in [0.15, 0.2) is 48.0 Å². The molecule has 2 aromatic carbocycles. The number of ether oxygens (including phenoxy) is 3.